The summed E-state index contributed by atoms with van der Waals surface area (Å²) in [6.07, 6.45) is 1.67. The highest BCUT2D eigenvalue weighted by molar-refractivity contribution is 5.90. The lowest BCUT2D eigenvalue weighted by molar-refractivity contribution is 0.637. The number of nitrogen functional groups attached to an aromatic ring is 1. The second-order valence-corrected chi connectivity index (χ2v) is 2.40. The van der Waals surface area contributed by atoms with Crippen molar-refractivity contribution in [1.82, 2.24) is 4.98 Å². The zero-order chi connectivity index (χ0) is 7.84. The molecule has 0 aliphatic carbocycles. The predicted octanol–water partition coefficient (Wildman–Crippen LogP) is 1.89. The van der Waals surface area contributed by atoms with E-state index < -0.39 is 0 Å². The van der Waals surface area contributed by atoms with Crippen molar-refractivity contribution >= 4 is 16.6 Å². The van der Waals surface area contributed by atoms with Crippen LogP contribution in [0.4, 0.5) is 10.1 Å². The second kappa shape index (κ2) is 1.99. The molecule has 2 aromatic rings. The summed E-state index contributed by atoms with van der Waals surface area (Å²) in [6.45, 7) is 0. The Morgan fingerprint density at radius 1 is 1.27 bits per heavy atom. The van der Waals surface area contributed by atoms with E-state index in [0.717, 1.165) is 5.39 Å². The van der Waals surface area contributed by atoms with Crippen molar-refractivity contribution in [2.24, 2.45) is 0 Å². The third kappa shape index (κ3) is 0.774. The molecule has 3 N–H and O–H groups in total. The van der Waals surface area contributed by atoms with Gasteiger partial charge in [-0.3, -0.25) is 0 Å². The molecule has 1 aromatic carbocycles. The van der Waals surface area contributed by atoms with Gasteiger partial charge < -0.3 is 10.7 Å². The highest BCUT2D eigenvalue weighted by Gasteiger charge is 2.02. The quantitative estimate of drug-likeness (QED) is 0.553. The SMILES string of the molecule is Nc1ccc(F)c2[nH]ccc12. The fourth-order valence-electron chi connectivity index (χ4n) is 1.14. The van der Waals surface area contributed by atoms with E-state index in [-0.39, 0.29) is 5.82 Å². The van der Waals surface area contributed by atoms with Crippen molar-refractivity contribution in [2.75, 3.05) is 5.73 Å². The number of anilines is 1. The van der Waals surface area contributed by atoms with Gasteiger partial charge in [-0.25, -0.2) is 4.39 Å². The van der Waals surface area contributed by atoms with Crippen LogP contribution in [0.25, 0.3) is 10.9 Å². The molecule has 0 aliphatic rings. The highest BCUT2D eigenvalue weighted by atomic mass is 19.1. The first-order valence-electron chi connectivity index (χ1n) is 3.30. The van der Waals surface area contributed by atoms with Gasteiger partial charge in [-0.1, -0.05) is 0 Å². The molecule has 11 heavy (non-hydrogen) atoms. The van der Waals surface area contributed by atoms with E-state index in [1.54, 1.807) is 18.3 Å². The van der Waals surface area contributed by atoms with Crippen LogP contribution in [-0.2, 0) is 0 Å². The number of nitrogens with two attached hydrogens (primary N) is 1. The molecule has 2 nitrogen and oxygen atoms in total. The Morgan fingerprint density at radius 3 is 2.82 bits per heavy atom. The number of hydrogen-bond acceptors (Lipinski definition) is 1. The lowest BCUT2D eigenvalue weighted by atomic mass is 10.2. The summed E-state index contributed by atoms with van der Waals surface area (Å²) in [7, 11) is 0. The molecular formula is C8H7FN2. The van der Waals surface area contributed by atoms with Gasteiger partial charge in [-0.2, -0.15) is 0 Å². The molecule has 56 valence electrons. The average Bonchev–Trinajstić information content (AvgIpc) is 2.45. The first kappa shape index (κ1) is 6.22. The number of benzene rings is 1. The van der Waals surface area contributed by atoms with Gasteiger partial charge in [0.2, 0.25) is 0 Å². The van der Waals surface area contributed by atoms with E-state index in [2.05, 4.69) is 4.98 Å². The standard InChI is InChI=1S/C8H7FN2/c9-6-1-2-7(10)5-3-4-11-8(5)6/h1-4,11H,10H2. The number of halogens is 1. The number of nitrogens with one attached hydrogen (secondary N) is 1. The molecular weight excluding hydrogens is 143 g/mol. The maximum Gasteiger partial charge on any atom is 0.147 e. The summed E-state index contributed by atoms with van der Waals surface area (Å²) in [5, 5.41) is 0.741. The van der Waals surface area contributed by atoms with E-state index in [9.17, 15) is 4.39 Å². The average molecular weight is 150 g/mol. The summed E-state index contributed by atoms with van der Waals surface area (Å²) in [4.78, 5) is 2.77. The van der Waals surface area contributed by atoms with Gasteiger partial charge in [0.05, 0.1) is 5.52 Å². The van der Waals surface area contributed by atoms with Crippen molar-refractivity contribution in [2.45, 2.75) is 0 Å². The van der Waals surface area contributed by atoms with E-state index in [1.165, 1.54) is 6.07 Å². The van der Waals surface area contributed by atoms with Crippen LogP contribution in [0, 0.1) is 5.82 Å². The summed E-state index contributed by atoms with van der Waals surface area (Å²) >= 11 is 0. The minimum atomic E-state index is -0.265. The highest BCUT2D eigenvalue weighted by Crippen LogP contribution is 2.21. The molecule has 0 amide bonds. The van der Waals surface area contributed by atoms with Crippen LogP contribution >= 0.6 is 0 Å². The number of fused-ring (bicyclic) bond motifs is 1. The Hall–Kier alpha value is -1.51. The second-order valence-electron chi connectivity index (χ2n) is 2.40. The Labute approximate surface area is 62.8 Å². The van der Waals surface area contributed by atoms with E-state index in [4.69, 9.17) is 5.73 Å². The van der Waals surface area contributed by atoms with E-state index in [0.29, 0.717) is 11.2 Å². The summed E-state index contributed by atoms with van der Waals surface area (Å²) in [6, 6.07) is 4.67. The van der Waals surface area contributed by atoms with E-state index >= 15 is 0 Å². The Morgan fingerprint density at radius 2 is 2.09 bits per heavy atom. The zero-order valence-corrected chi connectivity index (χ0v) is 5.76. The van der Waals surface area contributed by atoms with Crippen LogP contribution in [0.15, 0.2) is 24.4 Å². The third-order valence-corrected chi connectivity index (χ3v) is 1.71. The fraction of sp³-hybridized carbons (Fsp3) is 0. The molecule has 0 saturated carbocycles. The Kier molecular flexibility index (Phi) is 1.12. The van der Waals surface area contributed by atoms with Crippen molar-refractivity contribution in [3.05, 3.63) is 30.2 Å². The maximum absolute atomic E-state index is 12.9. The lowest BCUT2D eigenvalue weighted by Gasteiger charge is -1.95. The molecule has 0 unspecified atom stereocenters. The number of aromatic nitrogens is 1. The summed E-state index contributed by atoms with van der Waals surface area (Å²) < 4.78 is 12.9. The van der Waals surface area contributed by atoms with Crippen molar-refractivity contribution in [3.8, 4) is 0 Å². The number of H-pyrrole nitrogens is 1. The minimum Gasteiger partial charge on any atom is -0.398 e. The normalized spacial score (nSPS) is 10.6. The maximum atomic E-state index is 12.9. The van der Waals surface area contributed by atoms with Crippen molar-refractivity contribution in [3.63, 3.8) is 0 Å². The van der Waals surface area contributed by atoms with Gasteiger partial charge in [0.1, 0.15) is 5.82 Å². The fourth-order valence-corrected chi connectivity index (χ4v) is 1.14. The largest absolute Gasteiger partial charge is 0.398 e. The van der Waals surface area contributed by atoms with Crippen LogP contribution in [0.5, 0.6) is 0 Å². The zero-order valence-electron chi connectivity index (χ0n) is 5.76. The Bertz CT molecular complexity index is 356. The van der Waals surface area contributed by atoms with Crippen molar-refractivity contribution < 1.29 is 4.39 Å². The van der Waals surface area contributed by atoms with Gasteiger partial charge in [-0.05, 0) is 18.2 Å². The molecule has 0 aliphatic heterocycles. The molecule has 0 saturated heterocycles. The number of aromatic amines is 1. The first-order valence-corrected chi connectivity index (χ1v) is 3.30. The van der Waals surface area contributed by atoms with Crippen LogP contribution in [0.2, 0.25) is 0 Å². The first-order chi connectivity index (χ1) is 5.29. The van der Waals surface area contributed by atoms with Crippen LogP contribution < -0.4 is 5.73 Å². The molecule has 0 bridgehead atoms. The molecule has 0 spiro atoms. The predicted molar refractivity (Wildman–Crippen MR) is 42.7 cm³/mol. The van der Waals surface area contributed by atoms with Gasteiger partial charge in [0.15, 0.2) is 0 Å². The van der Waals surface area contributed by atoms with Crippen LogP contribution in [-0.4, -0.2) is 4.98 Å². The molecule has 0 radical (unpaired) electrons. The Balaban J connectivity index is 2.96. The third-order valence-electron chi connectivity index (χ3n) is 1.71. The van der Waals surface area contributed by atoms with Gasteiger partial charge in [-0.15, -0.1) is 0 Å². The smallest absolute Gasteiger partial charge is 0.147 e. The van der Waals surface area contributed by atoms with Crippen LogP contribution in [0.3, 0.4) is 0 Å². The minimum absolute atomic E-state index is 0.265. The summed E-state index contributed by atoms with van der Waals surface area (Å²) in [5.41, 5.74) is 6.66. The van der Waals surface area contributed by atoms with Crippen LogP contribution in [0.1, 0.15) is 0 Å². The topological polar surface area (TPSA) is 41.8 Å². The monoisotopic (exact) mass is 150 g/mol. The molecule has 1 aromatic heterocycles. The molecule has 3 heteroatoms. The van der Waals surface area contributed by atoms with Crippen molar-refractivity contribution in [1.29, 1.82) is 0 Å². The van der Waals surface area contributed by atoms with Gasteiger partial charge in [0, 0.05) is 17.3 Å². The molecule has 1 heterocycles. The lowest BCUT2D eigenvalue weighted by Crippen LogP contribution is -1.86. The number of hydrogen-bond donors (Lipinski definition) is 2. The van der Waals surface area contributed by atoms with E-state index in [1.807, 2.05) is 0 Å². The molecule has 0 fully saturated rings. The summed E-state index contributed by atoms with van der Waals surface area (Å²) in [5.74, 6) is -0.265. The molecule has 2 rings (SSSR count). The number of rotatable bonds is 0. The molecule has 0 atom stereocenters. The van der Waals surface area contributed by atoms with Gasteiger partial charge >= 0.3 is 0 Å². The van der Waals surface area contributed by atoms with Gasteiger partial charge in [0.25, 0.3) is 0 Å².